The molecule has 2 aliphatic rings. The summed E-state index contributed by atoms with van der Waals surface area (Å²) >= 11 is 0. The molecule has 2 aromatic rings. The van der Waals surface area contributed by atoms with E-state index in [1.165, 1.54) is 11.1 Å². The molecule has 0 saturated carbocycles. The third kappa shape index (κ3) is 3.94. The average molecular weight is 377 g/mol. The van der Waals surface area contributed by atoms with Gasteiger partial charge in [0.1, 0.15) is 0 Å². The number of benzene rings is 2. The molecule has 5 nitrogen and oxygen atoms in total. The lowest BCUT2D eigenvalue weighted by Gasteiger charge is -2.40. The molecule has 4 rings (SSSR count). The Labute approximate surface area is 166 Å². The molecule has 1 fully saturated rings. The Balaban J connectivity index is 1.44. The number of amides is 1. The van der Waals surface area contributed by atoms with Crippen LogP contribution in [0.4, 0.5) is 5.69 Å². The van der Waals surface area contributed by atoms with Crippen LogP contribution < -0.4 is 5.01 Å². The van der Waals surface area contributed by atoms with Gasteiger partial charge in [0.25, 0.3) is 0 Å². The van der Waals surface area contributed by atoms with Gasteiger partial charge in [0.2, 0.25) is 5.91 Å². The lowest BCUT2D eigenvalue weighted by Crippen LogP contribution is -2.48. The van der Waals surface area contributed by atoms with Crippen LogP contribution in [0.2, 0.25) is 0 Å². The van der Waals surface area contributed by atoms with Crippen LogP contribution in [0.1, 0.15) is 32.6 Å². The van der Waals surface area contributed by atoms with Crippen LogP contribution in [-0.4, -0.2) is 46.9 Å². The van der Waals surface area contributed by atoms with Gasteiger partial charge in [0.05, 0.1) is 17.3 Å². The maximum absolute atomic E-state index is 11.5. The van der Waals surface area contributed by atoms with E-state index in [-0.39, 0.29) is 11.9 Å². The zero-order valence-electron chi connectivity index (χ0n) is 16.3. The lowest BCUT2D eigenvalue weighted by molar-refractivity contribution is -0.133. The number of nitrogens with zero attached hydrogens (tertiary/aromatic N) is 3. The van der Waals surface area contributed by atoms with E-state index in [2.05, 4.69) is 41.5 Å². The fraction of sp³-hybridized carbons (Fsp3) is 0.391. The molecule has 1 unspecified atom stereocenters. The first-order valence-corrected chi connectivity index (χ1v) is 9.99. The van der Waals surface area contributed by atoms with Gasteiger partial charge in [0, 0.05) is 32.6 Å². The number of aliphatic hydroxyl groups is 1. The molecule has 2 aromatic carbocycles. The maximum atomic E-state index is 11.5. The van der Waals surface area contributed by atoms with Crippen molar-refractivity contribution in [2.24, 2.45) is 5.10 Å². The van der Waals surface area contributed by atoms with E-state index < -0.39 is 5.60 Å². The molecule has 28 heavy (non-hydrogen) atoms. The Hall–Kier alpha value is -2.66. The quantitative estimate of drug-likeness (QED) is 0.884. The number of carbonyl (C=O) groups is 1. The monoisotopic (exact) mass is 377 g/mol. The third-order valence-electron chi connectivity index (χ3n) is 5.92. The van der Waals surface area contributed by atoms with Crippen LogP contribution in [0.15, 0.2) is 59.7 Å². The fourth-order valence-corrected chi connectivity index (χ4v) is 4.22. The molecule has 1 atom stereocenters. The summed E-state index contributed by atoms with van der Waals surface area (Å²) in [6.45, 7) is 2.85. The first-order valence-electron chi connectivity index (χ1n) is 9.99. The normalized spacial score (nSPS) is 21.1. The summed E-state index contributed by atoms with van der Waals surface area (Å²) < 4.78 is 0. The second kappa shape index (κ2) is 7.76. The summed E-state index contributed by atoms with van der Waals surface area (Å²) in [5.41, 5.74) is 2.69. The highest BCUT2D eigenvalue weighted by molar-refractivity contribution is 5.73. The van der Waals surface area contributed by atoms with Gasteiger partial charge in [-0.3, -0.25) is 9.80 Å². The smallest absolute Gasteiger partial charge is 0.219 e. The van der Waals surface area contributed by atoms with E-state index in [1.54, 1.807) is 6.92 Å². The molecule has 1 saturated heterocycles. The molecule has 2 aliphatic heterocycles. The van der Waals surface area contributed by atoms with Crippen LogP contribution in [0.5, 0.6) is 0 Å². The Morgan fingerprint density at radius 2 is 1.71 bits per heavy atom. The van der Waals surface area contributed by atoms with Crippen molar-refractivity contribution in [2.45, 2.75) is 44.2 Å². The summed E-state index contributed by atoms with van der Waals surface area (Å²) in [4.78, 5) is 13.4. The van der Waals surface area contributed by atoms with Crippen molar-refractivity contribution in [3.63, 3.8) is 0 Å². The second-order valence-electron chi connectivity index (χ2n) is 7.88. The Bertz CT molecular complexity index is 840. The van der Waals surface area contributed by atoms with Gasteiger partial charge in [-0.15, -0.1) is 0 Å². The van der Waals surface area contributed by atoms with Gasteiger partial charge >= 0.3 is 0 Å². The molecular formula is C23H27N3O2. The first kappa shape index (κ1) is 18.7. The predicted octanol–water partition coefficient (Wildman–Crippen LogP) is 3.68. The standard InChI is InChI=1S/C23H27N3O2/c1-18(27)25-15-12-23(28,13-16-25)17-22-11-14-24-26(22)21-9-7-20(8-10-21)19-5-3-2-4-6-19/h2-10,14,22,28H,11-13,15-17H2,1H3. The fourth-order valence-electron chi connectivity index (χ4n) is 4.22. The van der Waals surface area contributed by atoms with Gasteiger partial charge < -0.3 is 10.0 Å². The molecule has 0 aliphatic carbocycles. The number of likely N-dealkylation sites (tertiary alicyclic amines) is 1. The summed E-state index contributed by atoms with van der Waals surface area (Å²) in [7, 11) is 0. The maximum Gasteiger partial charge on any atom is 0.219 e. The van der Waals surface area contributed by atoms with Crippen molar-refractivity contribution in [1.29, 1.82) is 0 Å². The van der Waals surface area contributed by atoms with Crippen LogP contribution in [0.25, 0.3) is 11.1 Å². The minimum Gasteiger partial charge on any atom is -0.390 e. The van der Waals surface area contributed by atoms with Crippen molar-refractivity contribution in [2.75, 3.05) is 18.1 Å². The van der Waals surface area contributed by atoms with E-state index >= 15 is 0 Å². The lowest BCUT2D eigenvalue weighted by atomic mass is 9.84. The average Bonchev–Trinajstić information content (AvgIpc) is 3.16. The molecule has 0 spiro atoms. The van der Waals surface area contributed by atoms with Gasteiger partial charge in [-0.25, -0.2) is 0 Å². The van der Waals surface area contributed by atoms with Crippen LogP contribution >= 0.6 is 0 Å². The third-order valence-corrected chi connectivity index (χ3v) is 5.92. The number of carbonyl (C=O) groups excluding carboxylic acids is 1. The topological polar surface area (TPSA) is 56.1 Å². The van der Waals surface area contributed by atoms with Crippen molar-refractivity contribution in [1.82, 2.24) is 4.90 Å². The molecule has 0 aromatic heterocycles. The zero-order valence-corrected chi connectivity index (χ0v) is 16.3. The van der Waals surface area contributed by atoms with Crippen molar-refractivity contribution in [3.05, 3.63) is 54.6 Å². The number of hydrogen-bond donors (Lipinski definition) is 1. The highest BCUT2D eigenvalue weighted by Crippen LogP contribution is 2.34. The summed E-state index contributed by atoms with van der Waals surface area (Å²) in [6, 6.07) is 18.9. The molecular weight excluding hydrogens is 350 g/mol. The number of anilines is 1. The zero-order chi connectivity index (χ0) is 19.6. The number of piperidine rings is 1. The van der Waals surface area contributed by atoms with Crippen LogP contribution in [-0.2, 0) is 4.79 Å². The van der Waals surface area contributed by atoms with Crippen molar-refractivity contribution < 1.29 is 9.90 Å². The Morgan fingerprint density at radius 3 is 2.36 bits per heavy atom. The van der Waals surface area contributed by atoms with Gasteiger partial charge in [-0.2, -0.15) is 5.10 Å². The molecule has 2 heterocycles. The van der Waals surface area contributed by atoms with Crippen molar-refractivity contribution in [3.8, 4) is 11.1 Å². The van der Waals surface area contributed by atoms with E-state index in [1.807, 2.05) is 34.3 Å². The number of rotatable bonds is 4. The van der Waals surface area contributed by atoms with Gasteiger partial charge in [0.15, 0.2) is 0 Å². The molecule has 0 radical (unpaired) electrons. The minimum absolute atomic E-state index is 0.0892. The second-order valence-corrected chi connectivity index (χ2v) is 7.88. The largest absolute Gasteiger partial charge is 0.390 e. The van der Waals surface area contributed by atoms with E-state index in [0.29, 0.717) is 32.4 Å². The van der Waals surface area contributed by atoms with Crippen molar-refractivity contribution >= 4 is 17.8 Å². The molecule has 5 heteroatoms. The SMILES string of the molecule is CC(=O)N1CCC(O)(CC2CC=NN2c2ccc(-c3ccccc3)cc2)CC1. The number of hydrazone groups is 1. The van der Waals surface area contributed by atoms with E-state index in [4.69, 9.17) is 0 Å². The van der Waals surface area contributed by atoms with Crippen LogP contribution in [0.3, 0.4) is 0 Å². The molecule has 0 bridgehead atoms. The van der Waals surface area contributed by atoms with Crippen LogP contribution in [0, 0.1) is 0 Å². The van der Waals surface area contributed by atoms with Gasteiger partial charge in [-0.05, 0) is 42.5 Å². The first-order chi connectivity index (χ1) is 13.5. The summed E-state index contributed by atoms with van der Waals surface area (Å²) in [6.07, 6.45) is 4.69. The van der Waals surface area contributed by atoms with E-state index in [9.17, 15) is 9.90 Å². The Morgan fingerprint density at radius 1 is 1.07 bits per heavy atom. The highest BCUT2D eigenvalue weighted by Gasteiger charge is 2.38. The minimum atomic E-state index is -0.730. The van der Waals surface area contributed by atoms with Gasteiger partial charge in [-0.1, -0.05) is 42.5 Å². The highest BCUT2D eigenvalue weighted by atomic mass is 16.3. The summed E-state index contributed by atoms with van der Waals surface area (Å²) in [5, 5.41) is 17.7. The molecule has 146 valence electrons. The summed E-state index contributed by atoms with van der Waals surface area (Å²) in [5.74, 6) is 0.0892. The molecule has 1 amide bonds. The number of hydrogen-bond acceptors (Lipinski definition) is 4. The molecule has 1 N–H and O–H groups in total. The Kier molecular flexibility index (Phi) is 5.18. The van der Waals surface area contributed by atoms with E-state index in [0.717, 1.165) is 12.1 Å². The predicted molar refractivity (Wildman–Crippen MR) is 112 cm³/mol.